The first-order chi connectivity index (χ1) is 35.6. The van der Waals surface area contributed by atoms with Crippen molar-refractivity contribution >= 4 is 35.4 Å². The number of nitrogens with one attached hydrogen (secondary N) is 4. The van der Waals surface area contributed by atoms with E-state index >= 15 is 0 Å². The average molecular weight is 1050 g/mol. The molecule has 3 heterocycles. The SMILES string of the molecule is CCC1CCC(/C(C)=C\C(C)CCC(O)C(C)CC/C=C/C=C(\C)[C@@H]2C/C=C/C(O)CCC(C)C(O)C(CCC(C)=O)C(=O)NC(C(C)C)C(=O)NC(Cc3cccc(O)c3)C(=O)N3CCCC(N3)C(=O)O2)NC1=O. The standard InChI is InChI=1S/C59H91N5O11/c1-10-44-27-30-48(60-55(44)70)41(8)33-37(4)24-31-51(68)38(5)17-12-11-13-18-39(6)52-23-15-20-45(66)28-25-40(7)54(69)47(29-26-42(9)65)56(71)62-53(36(2)3)57(72)61-50(35-43-19-14-21-46(67)34-43)58(73)64-32-16-22-49(63-64)59(74)75-52/h11,13-15,18-21,33-34,36-38,40,44-45,47-54,63,66-69H,10,12,16-17,22-32,35H2,1-9H3,(H,60,70)(H,61,72)(H,62,71)/b13-11+,20-15+,39-18+,41-33-/t37?,38?,40?,44?,45?,47?,48?,49?,50?,51?,52-,53?,54?/m0/s1. The minimum atomic E-state index is -1.22. The number of phenolic OH excluding ortho intramolecular Hbond substituents is 1. The van der Waals surface area contributed by atoms with Gasteiger partial charge in [-0.1, -0.05) is 95.7 Å². The number of carbonyl (C=O) groups is 6. The molecule has 2 saturated heterocycles. The van der Waals surface area contributed by atoms with E-state index in [1.54, 1.807) is 45.1 Å². The molecule has 0 spiro atoms. The fourth-order valence-corrected chi connectivity index (χ4v) is 10.2. The summed E-state index contributed by atoms with van der Waals surface area (Å²) >= 11 is 0. The smallest absolute Gasteiger partial charge is 0.325 e. The summed E-state index contributed by atoms with van der Waals surface area (Å²) in [6.45, 7) is 17.1. The van der Waals surface area contributed by atoms with E-state index < -0.39 is 84.0 Å². The molecule has 13 atom stereocenters. The lowest BCUT2D eigenvalue weighted by atomic mass is 9.84. The van der Waals surface area contributed by atoms with Crippen LogP contribution < -0.4 is 21.4 Å². The molecule has 2 fully saturated rings. The minimum absolute atomic E-state index is 0.0259. The predicted molar refractivity (Wildman–Crippen MR) is 290 cm³/mol. The molecule has 0 aromatic heterocycles. The van der Waals surface area contributed by atoms with Crippen LogP contribution in [0.2, 0.25) is 0 Å². The topological polar surface area (TPSA) is 244 Å². The van der Waals surface area contributed by atoms with Crippen LogP contribution in [0, 0.1) is 35.5 Å². The van der Waals surface area contributed by atoms with Gasteiger partial charge in [-0.25, -0.2) is 5.43 Å². The summed E-state index contributed by atoms with van der Waals surface area (Å²) in [6.07, 6.45) is 15.4. The third kappa shape index (κ3) is 20.4. The van der Waals surface area contributed by atoms with Crippen LogP contribution in [0.4, 0.5) is 0 Å². The molecular formula is C59H91N5O11. The normalized spacial score (nSPS) is 29.3. The number of piperidine rings is 1. The minimum Gasteiger partial charge on any atom is -0.508 e. The molecule has 2 bridgehead atoms. The van der Waals surface area contributed by atoms with E-state index in [2.05, 4.69) is 55.1 Å². The van der Waals surface area contributed by atoms with Crippen molar-refractivity contribution in [2.45, 2.75) is 207 Å². The lowest BCUT2D eigenvalue weighted by molar-refractivity contribution is -0.156. The van der Waals surface area contributed by atoms with Gasteiger partial charge in [-0.15, -0.1) is 0 Å². The zero-order valence-corrected chi connectivity index (χ0v) is 46.3. The Morgan fingerprint density at radius 1 is 0.893 bits per heavy atom. The van der Waals surface area contributed by atoms with Crippen molar-refractivity contribution < 1.29 is 53.9 Å². The molecule has 75 heavy (non-hydrogen) atoms. The number of aliphatic hydroxyl groups is 3. The molecule has 4 amide bonds. The van der Waals surface area contributed by atoms with Crippen LogP contribution in [0.3, 0.4) is 0 Å². The molecule has 3 aliphatic heterocycles. The van der Waals surface area contributed by atoms with Gasteiger partial charge in [0.1, 0.15) is 35.8 Å². The van der Waals surface area contributed by atoms with Gasteiger partial charge in [0.05, 0.1) is 24.2 Å². The number of esters is 1. The molecule has 1 aromatic rings. The van der Waals surface area contributed by atoms with Crippen molar-refractivity contribution in [3.63, 3.8) is 0 Å². The summed E-state index contributed by atoms with van der Waals surface area (Å²) in [6, 6.07) is 3.15. The molecule has 12 unspecified atom stereocenters. The molecule has 0 radical (unpaired) electrons. The van der Waals surface area contributed by atoms with Crippen molar-refractivity contribution in [3.8, 4) is 5.75 Å². The maximum absolute atomic E-state index is 14.5. The van der Waals surface area contributed by atoms with Crippen molar-refractivity contribution in [1.29, 1.82) is 0 Å². The number of ether oxygens (including phenoxy) is 1. The molecule has 16 heteroatoms. The highest BCUT2D eigenvalue weighted by Gasteiger charge is 2.38. The van der Waals surface area contributed by atoms with E-state index in [9.17, 15) is 49.2 Å². The number of hydrogen-bond acceptors (Lipinski definition) is 12. The molecule has 3 aliphatic rings. The zero-order valence-electron chi connectivity index (χ0n) is 46.3. The van der Waals surface area contributed by atoms with Crippen LogP contribution in [0.25, 0.3) is 0 Å². The molecule has 16 nitrogen and oxygen atoms in total. The van der Waals surface area contributed by atoms with E-state index in [-0.39, 0.29) is 79.9 Å². The zero-order chi connectivity index (χ0) is 55.4. The lowest BCUT2D eigenvalue weighted by Crippen LogP contribution is -2.62. The van der Waals surface area contributed by atoms with Gasteiger partial charge in [0, 0.05) is 37.8 Å². The van der Waals surface area contributed by atoms with Gasteiger partial charge >= 0.3 is 5.97 Å². The first-order valence-electron chi connectivity index (χ1n) is 27.8. The predicted octanol–water partition coefficient (Wildman–Crippen LogP) is 7.00. The Balaban J connectivity index is 1.51. The molecule has 1 aromatic carbocycles. The highest BCUT2D eigenvalue weighted by Crippen LogP contribution is 2.27. The van der Waals surface area contributed by atoms with Crippen LogP contribution in [-0.2, 0) is 39.9 Å². The molecule has 0 aliphatic carbocycles. The number of phenols is 1. The van der Waals surface area contributed by atoms with Gasteiger partial charge in [-0.05, 0) is 145 Å². The summed E-state index contributed by atoms with van der Waals surface area (Å²) in [7, 11) is 0. The highest BCUT2D eigenvalue weighted by atomic mass is 16.5. The monoisotopic (exact) mass is 1050 g/mol. The van der Waals surface area contributed by atoms with E-state index in [1.807, 2.05) is 25.2 Å². The van der Waals surface area contributed by atoms with Crippen molar-refractivity contribution in [2.24, 2.45) is 35.5 Å². The Bertz CT molecular complexity index is 2170. The fraction of sp³-hybridized carbons (Fsp3) is 0.661. The fourth-order valence-electron chi connectivity index (χ4n) is 10.2. The van der Waals surface area contributed by atoms with Crippen LogP contribution in [-0.4, -0.2) is 116 Å². The first kappa shape index (κ1) is 62.4. The Kier molecular flexibility index (Phi) is 25.9. The van der Waals surface area contributed by atoms with E-state index in [4.69, 9.17) is 4.74 Å². The van der Waals surface area contributed by atoms with Gasteiger partial charge in [-0.2, -0.15) is 0 Å². The van der Waals surface area contributed by atoms with Crippen LogP contribution in [0.5, 0.6) is 5.75 Å². The molecular weight excluding hydrogens is 955 g/mol. The number of carbonyl (C=O) groups excluding carboxylic acids is 6. The maximum Gasteiger partial charge on any atom is 0.325 e. The van der Waals surface area contributed by atoms with E-state index in [0.717, 1.165) is 37.7 Å². The Morgan fingerprint density at radius 2 is 1.64 bits per heavy atom. The average Bonchev–Trinajstić information content (AvgIpc) is 3.37. The molecule has 8 N–H and O–H groups in total. The number of rotatable bonds is 18. The lowest BCUT2D eigenvalue weighted by Gasteiger charge is -2.36. The maximum atomic E-state index is 14.5. The third-order valence-corrected chi connectivity index (χ3v) is 15.4. The number of fused-ring (bicyclic) bond motifs is 2. The molecule has 4 rings (SSSR count). The van der Waals surface area contributed by atoms with Crippen LogP contribution in [0.1, 0.15) is 158 Å². The highest BCUT2D eigenvalue weighted by molar-refractivity contribution is 5.93. The van der Waals surface area contributed by atoms with Gasteiger partial charge in [0.2, 0.25) is 17.7 Å². The number of ketones is 1. The van der Waals surface area contributed by atoms with E-state index in [0.29, 0.717) is 37.7 Å². The molecule has 418 valence electrons. The van der Waals surface area contributed by atoms with E-state index in [1.165, 1.54) is 29.6 Å². The number of benzene rings is 1. The number of cyclic esters (lactones) is 1. The number of hydrogen-bond donors (Lipinski definition) is 8. The number of nitrogens with zero attached hydrogens (tertiary/aromatic N) is 1. The number of amides is 4. The second-order valence-electron chi connectivity index (χ2n) is 22.2. The number of aliphatic hydroxyl groups excluding tert-OH is 3. The summed E-state index contributed by atoms with van der Waals surface area (Å²) in [5.41, 5.74) is 5.52. The van der Waals surface area contributed by atoms with Crippen LogP contribution in [0.15, 0.2) is 71.9 Å². The molecule has 0 saturated carbocycles. The number of Topliss-reactive ketones (excluding diaryl/α,β-unsaturated/α-hetero) is 1. The van der Waals surface area contributed by atoms with Gasteiger partial charge in [-0.3, -0.25) is 29.0 Å². The largest absolute Gasteiger partial charge is 0.508 e. The van der Waals surface area contributed by atoms with Gasteiger partial charge in [0.25, 0.3) is 5.91 Å². The van der Waals surface area contributed by atoms with Crippen molar-refractivity contribution in [2.75, 3.05) is 6.54 Å². The van der Waals surface area contributed by atoms with Gasteiger partial charge < -0.3 is 45.9 Å². The third-order valence-electron chi connectivity index (χ3n) is 15.4. The van der Waals surface area contributed by atoms with Crippen LogP contribution >= 0.6 is 0 Å². The number of allylic oxidation sites excluding steroid dienone is 4. The number of hydrazine groups is 1. The quantitative estimate of drug-likeness (QED) is 0.0421. The Labute approximate surface area is 446 Å². The summed E-state index contributed by atoms with van der Waals surface area (Å²) < 4.78 is 6.19. The second kappa shape index (κ2) is 31.2. The van der Waals surface area contributed by atoms with Crippen molar-refractivity contribution in [3.05, 3.63) is 77.4 Å². The number of aromatic hydroxyl groups is 1. The Hall–Kier alpha value is -5.16. The summed E-state index contributed by atoms with van der Waals surface area (Å²) in [4.78, 5) is 81.4. The first-order valence-corrected chi connectivity index (χ1v) is 27.8. The second-order valence-corrected chi connectivity index (χ2v) is 22.2. The summed E-state index contributed by atoms with van der Waals surface area (Å²) in [5.74, 6) is -4.04. The Morgan fingerprint density at radius 3 is 2.32 bits per heavy atom. The summed E-state index contributed by atoms with van der Waals surface area (Å²) in [5, 5.41) is 54.2. The van der Waals surface area contributed by atoms with Gasteiger partial charge in [0.15, 0.2) is 0 Å². The van der Waals surface area contributed by atoms with Crippen molar-refractivity contribution in [1.82, 2.24) is 26.4 Å².